The first kappa shape index (κ1) is 12.0. The fraction of sp³-hybridized carbons (Fsp3) is 0.538. The Kier molecular flexibility index (Phi) is 3.74. The van der Waals surface area contributed by atoms with Gasteiger partial charge in [-0.15, -0.1) is 0 Å². The zero-order chi connectivity index (χ0) is 12.3. The van der Waals surface area contributed by atoms with Crippen molar-refractivity contribution in [1.29, 1.82) is 0 Å². The molecule has 2 rings (SSSR count). The summed E-state index contributed by atoms with van der Waals surface area (Å²) < 4.78 is 2.21. The number of likely N-dealkylation sites (N-methyl/N-ethyl adjacent to an activating group) is 1. The number of rotatable bonds is 5. The zero-order valence-corrected chi connectivity index (χ0v) is 10.8. The van der Waals surface area contributed by atoms with Gasteiger partial charge in [0.2, 0.25) is 0 Å². The highest BCUT2D eigenvalue weighted by atomic mass is 15.1. The number of fused-ring (bicyclic) bond motifs is 1. The first-order valence-corrected chi connectivity index (χ1v) is 6.29. The van der Waals surface area contributed by atoms with Crippen molar-refractivity contribution in [2.45, 2.75) is 33.2 Å². The summed E-state index contributed by atoms with van der Waals surface area (Å²) >= 11 is 0. The number of imidazole rings is 1. The second-order valence-corrected chi connectivity index (χ2v) is 4.27. The standard InChI is InChI=1S/C13H20N4/c1-4-14-9-10(3)12-16-11-7-6-8-15-13(11)17(12)5-2/h6-8,10,14H,4-5,9H2,1-3H3. The van der Waals surface area contributed by atoms with Crippen LogP contribution in [0.15, 0.2) is 18.3 Å². The fourth-order valence-corrected chi connectivity index (χ4v) is 2.12. The number of aromatic nitrogens is 3. The predicted molar refractivity (Wildman–Crippen MR) is 70.2 cm³/mol. The van der Waals surface area contributed by atoms with Crippen LogP contribution in [0.4, 0.5) is 0 Å². The molecule has 2 heterocycles. The first-order valence-electron chi connectivity index (χ1n) is 6.29. The minimum Gasteiger partial charge on any atom is -0.316 e. The molecule has 4 nitrogen and oxygen atoms in total. The summed E-state index contributed by atoms with van der Waals surface area (Å²) in [7, 11) is 0. The molecule has 0 aliphatic rings. The van der Waals surface area contributed by atoms with Crippen molar-refractivity contribution < 1.29 is 0 Å². The van der Waals surface area contributed by atoms with Crippen LogP contribution in [0, 0.1) is 0 Å². The molecule has 0 saturated carbocycles. The molecule has 1 N–H and O–H groups in total. The molecule has 4 heteroatoms. The first-order chi connectivity index (χ1) is 8.27. The summed E-state index contributed by atoms with van der Waals surface area (Å²) in [6, 6.07) is 3.96. The lowest BCUT2D eigenvalue weighted by molar-refractivity contribution is 0.576. The van der Waals surface area contributed by atoms with Crippen LogP contribution >= 0.6 is 0 Å². The van der Waals surface area contributed by atoms with Crippen molar-refractivity contribution in [3.63, 3.8) is 0 Å². The fourth-order valence-electron chi connectivity index (χ4n) is 2.12. The molecule has 0 saturated heterocycles. The summed E-state index contributed by atoms with van der Waals surface area (Å²) in [6.45, 7) is 9.33. The SMILES string of the molecule is CCNCC(C)c1nc2cccnc2n1CC. The number of hydrogen-bond acceptors (Lipinski definition) is 3. The van der Waals surface area contributed by atoms with Gasteiger partial charge in [0.05, 0.1) is 0 Å². The van der Waals surface area contributed by atoms with E-state index in [0.717, 1.165) is 36.6 Å². The topological polar surface area (TPSA) is 42.7 Å². The Morgan fingerprint density at radius 1 is 1.41 bits per heavy atom. The normalized spacial score (nSPS) is 13.1. The van der Waals surface area contributed by atoms with Gasteiger partial charge in [-0.25, -0.2) is 9.97 Å². The monoisotopic (exact) mass is 232 g/mol. The smallest absolute Gasteiger partial charge is 0.159 e. The maximum absolute atomic E-state index is 4.70. The highest BCUT2D eigenvalue weighted by Gasteiger charge is 2.15. The molecule has 1 unspecified atom stereocenters. The third-order valence-corrected chi connectivity index (χ3v) is 2.99. The van der Waals surface area contributed by atoms with Crippen molar-refractivity contribution in [1.82, 2.24) is 19.9 Å². The molecular formula is C13H20N4. The molecule has 17 heavy (non-hydrogen) atoms. The number of nitrogens with one attached hydrogen (secondary N) is 1. The minimum absolute atomic E-state index is 0.407. The molecular weight excluding hydrogens is 212 g/mol. The highest BCUT2D eigenvalue weighted by molar-refractivity contribution is 5.71. The zero-order valence-electron chi connectivity index (χ0n) is 10.8. The molecule has 0 aliphatic carbocycles. The van der Waals surface area contributed by atoms with E-state index in [-0.39, 0.29) is 0 Å². The molecule has 2 aromatic heterocycles. The summed E-state index contributed by atoms with van der Waals surface area (Å²) in [5.74, 6) is 1.53. The molecule has 0 spiro atoms. The molecule has 0 amide bonds. The Labute approximate surface area is 102 Å². The van der Waals surface area contributed by atoms with E-state index in [2.05, 4.69) is 35.6 Å². The highest BCUT2D eigenvalue weighted by Crippen LogP contribution is 2.19. The van der Waals surface area contributed by atoms with Crippen LogP contribution in [0.3, 0.4) is 0 Å². The number of pyridine rings is 1. The van der Waals surface area contributed by atoms with Gasteiger partial charge in [-0.05, 0) is 25.6 Å². The molecule has 0 aromatic carbocycles. The van der Waals surface area contributed by atoms with Crippen LogP contribution in [-0.2, 0) is 6.54 Å². The van der Waals surface area contributed by atoms with Crippen LogP contribution in [0.25, 0.3) is 11.2 Å². The Morgan fingerprint density at radius 2 is 2.24 bits per heavy atom. The van der Waals surface area contributed by atoms with Crippen molar-refractivity contribution in [3.8, 4) is 0 Å². The Morgan fingerprint density at radius 3 is 2.94 bits per heavy atom. The molecule has 0 aliphatic heterocycles. The van der Waals surface area contributed by atoms with Gasteiger partial charge >= 0.3 is 0 Å². The van der Waals surface area contributed by atoms with Crippen LogP contribution in [0.5, 0.6) is 0 Å². The average Bonchev–Trinajstić information content (AvgIpc) is 2.74. The van der Waals surface area contributed by atoms with Crippen LogP contribution in [-0.4, -0.2) is 27.6 Å². The van der Waals surface area contributed by atoms with Gasteiger partial charge in [0.1, 0.15) is 11.3 Å². The maximum Gasteiger partial charge on any atom is 0.159 e. The van der Waals surface area contributed by atoms with Crippen LogP contribution in [0.2, 0.25) is 0 Å². The molecule has 0 radical (unpaired) electrons. The van der Waals surface area contributed by atoms with Gasteiger partial charge in [-0.2, -0.15) is 0 Å². The van der Waals surface area contributed by atoms with Crippen molar-refractivity contribution in [2.75, 3.05) is 13.1 Å². The number of aryl methyl sites for hydroxylation is 1. The Bertz CT molecular complexity index is 489. The van der Waals surface area contributed by atoms with E-state index in [9.17, 15) is 0 Å². The second-order valence-electron chi connectivity index (χ2n) is 4.27. The Balaban J connectivity index is 2.38. The van der Waals surface area contributed by atoms with Crippen molar-refractivity contribution >= 4 is 11.2 Å². The number of nitrogens with zero attached hydrogens (tertiary/aromatic N) is 3. The molecule has 0 fully saturated rings. The molecule has 1 atom stereocenters. The molecule has 0 bridgehead atoms. The van der Waals surface area contributed by atoms with Crippen LogP contribution in [0.1, 0.15) is 32.5 Å². The average molecular weight is 232 g/mol. The lowest BCUT2D eigenvalue weighted by Gasteiger charge is -2.13. The van der Waals surface area contributed by atoms with Crippen molar-refractivity contribution in [2.24, 2.45) is 0 Å². The van der Waals surface area contributed by atoms with Gasteiger partial charge < -0.3 is 9.88 Å². The summed E-state index contributed by atoms with van der Waals surface area (Å²) in [5.41, 5.74) is 1.99. The van der Waals surface area contributed by atoms with Gasteiger partial charge in [0, 0.05) is 25.2 Å². The summed E-state index contributed by atoms with van der Waals surface area (Å²) in [5, 5.41) is 3.37. The van der Waals surface area contributed by atoms with Gasteiger partial charge in [0.25, 0.3) is 0 Å². The largest absolute Gasteiger partial charge is 0.316 e. The van der Waals surface area contributed by atoms with E-state index in [1.54, 1.807) is 0 Å². The second kappa shape index (κ2) is 5.27. The van der Waals surface area contributed by atoms with Crippen molar-refractivity contribution in [3.05, 3.63) is 24.2 Å². The third-order valence-electron chi connectivity index (χ3n) is 2.99. The lowest BCUT2D eigenvalue weighted by Crippen LogP contribution is -2.21. The summed E-state index contributed by atoms with van der Waals surface area (Å²) in [4.78, 5) is 9.11. The van der Waals surface area contributed by atoms with E-state index in [4.69, 9.17) is 4.98 Å². The van der Waals surface area contributed by atoms with Crippen LogP contribution < -0.4 is 5.32 Å². The van der Waals surface area contributed by atoms with E-state index >= 15 is 0 Å². The van der Waals surface area contributed by atoms with Gasteiger partial charge in [-0.1, -0.05) is 13.8 Å². The van der Waals surface area contributed by atoms with E-state index in [0.29, 0.717) is 5.92 Å². The predicted octanol–water partition coefficient (Wildman–Crippen LogP) is 2.16. The van der Waals surface area contributed by atoms with Gasteiger partial charge in [-0.3, -0.25) is 0 Å². The molecule has 2 aromatic rings. The lowest BCUT2D eigenvalue weighted by atomic mass is 10.1. The maximum atomic E-state index is 4.70. The Hall–Kier alpha value is -1.42. The van der Waals surface area contributed by atoms with Gasteiger partial charge in [0.15, 0.2) is 5.65 Å². The van der Waals surface area contributed by atoms with E-state index in [1.807, 2.05) is 18.3 Å². The van der Waals surface area contributed by atoms with E-state index < -0.39 is 0 Å². The minimum atomic E-state index is 0.407. The van der Waals surface area contributed by atoms with E-state index in [1.165, 1.54) is 0 Å². The summed E-state index contributed by atoms with van der Waals surface area (Å²) in [6.07, 6.45) is 1.83. The molecule has 92 valence electrons. The number of hydrogen-bond donors (Lipinski definition) is 1. The quantitative estimate of drug-likeness (QED) is 0.859. The third kappa shape index (κ3) is 2.31.